The molecular formula is C27H34N6O4S. The molecule has 0 bridgehead atoms. The van der Waals surface area contributed by atoms with Crippen LogP contribution >= 0.6 is 0 Å². The van der Waals surface area contributed by atoms with E-state index in [1.54, 1.807) is 19.2 Å². The fraction of sp³-hybridized carbons (Fsp3) is 0.444. The molecule has 0 unspecified atom stereocenters. The Morgan fingerprint density at radius 1 is 1.16 bits per heavy atom. The zero-order valence-corrected chi connectivity index (χ0v) is 22.7. The zero-order valence-electron chi connectivity index (χ0n) is 21.9. The van der Waals surface area contributed by atoms with Crippen molar-refractivity contribution in [1.29, 1.82) is 0 Å². The number of benzene rings is 1. The van der Waals surface area contributed by atoms with E-state index in [4.69, 9.17) is 9.84 Å². The lowest BCUT2D eigenvalue weighted by molar-refractivity contribution is 0.121. The second kappa shape index (κ2) is 10.8. The Balaban J connectivity index is 1.46. The number of rotatable bonds is 9. The summed E-state index contributed by atoms with van der Waals surface area (Å²) in [7, 11) is -1.56. The van der Waals surface area contributed by atoms with Gasteiger partial charge in [0, 0.05) is 48.3 Å². The molecule has 11 heteroatoms. The van der Waals surface area contributed by atoms with Crippen LogP contribution < -0.4 is 5.32 Å². The lowest BCUT2D eigenvalue weighted by atomic mass is 9.85. The highest BCUT2D eigenvalue weighted by Crippen LogP contribution is 2.37. The first kappa shape index (κ1) is 26.3. The van der Waals surface area contributed by atoms with E-state index >= 15 is 0 Å². The van der Waals surface area contributed by atoms with Crippen LogP contribution in [0, 0.1) is 0 Å². The van der Waals surface area contributed by atoms with Gasteiger partial charge in [-0.1, -0.05) is 12.1 Å². The van der Waals surface area contributed by atoms with E-state index < -0.39 is 9.84 Å². The van der Waals surface area contributed by atoms with Crippen molar-refractivity contribution in [2.75, 3.05) is 25.3 Å². The Morgan fingerprint density at radius 3 is 2.58 bits per heavy atom. The molecule has 202 valence electrons. The van der Waals surface area contributed by atoms with E-state index in [1.807, 2.05) is 46.8 Å². The van der Waals surface area contributed by atoms with E-state index in [-0.39, 0.29) is 12.1 Å². The molecule has 38 heavy (non-hydrogen) atoms. The van der Waals surface area contributed by atoms with Crippen molar-refractivity contribution in [2.45, 2.75) is 62.1 Å². The molecule has 10 nitrogen and oxygen atoms in total. The molecule has 0 aliphatic heterocycles. The van der Waals surface area contributed by atoms with Gasteiger partial charge in [0.15, 0.2) is 9.84 Å². The van der Waals surface area contributed by atoms with Crippen LogP contribution in [0.25, 0.3) is 16.6 Å². The van der Waals surface area contributed by atoms with Gasteiger partial charge in [-0.05, 0) is 56.4 Å². The van der Waals surface area contributed by atoms with Crippen molar-refractivity contribution in [2.24, 2.45) is 0 Å². The topological polar surface area (TPSA) is 124 Å². The molecule has 5 rings (SSSR count). The largest absolute Gasteiger partial charge is 0.393 e. The van der Waals surface area contributed by atoms with E-state index in [9.17, 15) is 13.5 Å². The van der Waals surface area contributed by atoms with Gasteiger partial charge in [-0.2, -0.15) is 5.10 Å². The van der Waals surface area contributed by atoms with Gasteiger partial charge in [0.25, 0.3) is 0 Å². The minimum absolute atomic E-state index is 0.0606. The lowest BCUT2D eigenvalue weighted by Gasteiger charge is -2.25. The standard InChI is InChI=1S/C27H34N6O4S/c1-18(17-37-2)30-27-28-14-26-24(12-25(33(26)31-27)20-6-8-22(34)9-7-20)21-13-29-32(16-21)15-19-4-10-23(11-5-19)38(3,35)36/h4-5,10-14,16,18,20,22,34H,6-9,15,17H2,1-3H3,(H,30,31)/t18-,20-,22-/m0/s1. The van der Waals surface area contributed by atoms with Gasteiger partial charge < -0.3 is 15.2 Å². The van der Waals surface area contributed by atoms with Crippen LogP contribution in [0.15, 0.2) is 53.8 Å². The average Bonchev–Trinajstić information content (AvgIpc) is 3.49. The third kappa shape index (κ3) is 5.74. The van der Waals surface area contributed by atoms with E-state index in [1.165, 1.54) is 6.26 Å². The highest BCUT2D eigenvalue weighted by atomic mass is 32.2. The summed E-state index contributed by atoms with van der Waals surface area (Å²) in [5.74, 6) is 0.830. The Hall–Kier alpha value is -3.28. The number of aromatic nitrogens is 5. The number of aliphatic hydroxyl groups is 1. The number of hydrogen-bond acceptors (Lipinski definition) is 8. The molecule has 1 saturated carbocycles. The van der Waals surface area contributed by atoms with Gasteiger partial charge in [0.1, 0.15) is 0 Å². The van der Waals surface area contributed by atoms with Gasteiger partial charge in [0.2, 0.25) is 5.95 Å². The van der Waals surface area contributed by atoms with Crippen molar-refractivity contribution in [3.63, 3.8) is 0 Å². The van der Waals surface area contributed by atoms with Crippen LogP contribution in [0.2, 0.25) is 0 Å². The molecule has 3 heterocycles. The molecule has 1 fully saturated rings. The maximum atomic E-state index is 11.8. The van der Waals surface area contributed by atoms with Gasteiger partial charge in [-0.15, -0.1) is 5.10 Å². The summed E-state index contributed by atoms with van der Waals surface area (Å²) in [5, 5.41) is 22.8. The first-order valence-corrected chi connectivity index (χ1v) is 14.7. The maximum Gasteiger partial charge on any atom is 0.241 e. The van der Waals surface area contributed by atoms with Crippen molar-refractivity contribution >= 4 is 21.3 Å². The third-order valence-electron chi connectivity index (χ3n) is 7.09. The molecule has 0 spiro atoms. The highest BCUT2D eigenvalue weighted by Gasteiger charge is 2.26. The summed E-state index contributed by atoms with van der Waals surface area (Å²) in [6, 6.07) is 9.12. The van der Waals surface area contributed by atoms with Gasteiger partial charge in [0.05, 0.1) is 42.1 Å². The molecule has 1 atom stereocenters. The fourth-order valence-corrected chi connectivity index (χ4v) is 5.74. The van der Waals surface area contributed by atoms with Crippen LogP contribution in [-0.2, 0) is 21.1 Å². The van der Waals surface area contributed by atoms with E-state index in [2.05, 4.69) is 21.5 Å². The fourth-order valence-electron chi connectivity index (χ4n) is 5.10. The first-order valence-electron chi connectivity index (χ1n) is 12.9. The highest BCUT2D eigenvalue weighted by molar-refractivity contribution is 7.90. The van der Waals surface area contributed by atoms with Crippen molar-refractivity contribution in [3.05, 3.63) is 60.2 Å². The number of nitrogens with zero attached hydrogens (tertiary/aromatic N) is 5. The van der Waals surface area contributed by atoms with Crippen LogP contribution in [0.3, 0.4) is 0 Å². The third-order valence-corrected chi connectivity index (χ3v) is 8.22. The van der Waals surface area contributed by atoms with Crippen molar-refractivity contribution in [3.8, 4) is 11.1 Å². The predicted octanol–water partition coefficient (Wildman–Crippen LogP) is 3.51. The minimum atomic E-state index is -3.23. The second-order valence-corrected chi connectivity index (χ2v) is 12.2. The van der Waals surface area contributed by atoms with Crippen LogP contribution in [0.5, 0.6) is 0 Å². The van der Waals surface area contributed by atoms with Crippen LogP contribution in [-0.4, -0.2) is 70.0 Å². The van der Waals surface area contributed by atoms with E-state index in [0.29, 0.717) is 29.9 Å². The summed E-state index contributed by atoms with van der Waals surface area (Å²) in [6.07, 6.45) is 10.0. The van der Waals surface area contributed by atoms with E-state index in [0.717, 1.165) is 53.6 Å². The Labute approximate surface area is 222 Å². The molecule has 0 amide bonds. The number of anilines is 1. The lowest BCUT2D eigenvalue weighted by Crippen LogP contribution is -2.23. The molecule has 1 aliphatic rings. The molecule has 0 radical (unpaired) electrons. The van der Waals surface area contributed by atoms with Gasteiger partial charge >= 0.3 is 0 Å². The number of fused-ring (bicyclic) bond motifs is 1. The predicted molar refractivity (Wildman–Crippen MR) is 145 cm³/mol. The zero-order chi connectivity index (χ0) is 26.9. The van der Waals surface area contributed by atoms with Crippen molar-refractivity contribution in [1.82, 2.24) is 24.4 Å². The maximum absolute atomic E-state index is 11.8. The van der Waals surface area contributed by atoms with Gasteiger partial charge in [-0.3, -0.25) is 4.68 Å². The molecule has 2 N–H and O–H groups in total. The normalized spacial score (nSPS) is 19.1. The summed E-state index contributed by atoms with van der Waals surface area (Å²) in [6.45, 7) is 3.08. The smallest absolute Gasteiger partial charge is 0.241 e. The number of aliphatic hydroxyl groups excluding tert-OH is 1. The number of nitrogens with one attached hydrogen (secondary N) is 1. The van der Waals surface area contributed by atoms with Gasteiger partial charge in [-0.25, -0.2) is 17.9 Å². The molecular weight excluding hydrogens is 504 g/mol. The summed E-state index contributed by atoms with van der Waals surface area (Å²) < 4.78 is 32.6. The summed E-state index contributed by atoms with van der Waals surface area (Å²) in [5.41, 5.74) is 4.92. The quantitative estimate of drug-likeness (QED) is 0.332. The number of methoxy groups -OCH3 is 1. The number of ether oxygens (including phenoxy) is 1. The second-order valence-electron chi connectivity index (χ2n) is 10.2. The SMILES string of the molecule is COC[C@H](C)Nc1ncc2c(-c3cnn(Cc4ccc(S(C)(=O)=O)cc4)c3)cc([C@H]3CC[C@H](O)CC3)n2n1. The number of sulfone groups is 1. The van der Waals surface area contributed by atoms with Crippen LogP contribution in [0.1, 0.15) is 49.8 Å². The van der Waals surface area contributed by atoms with Crippen LogP contribution in [0.4, 0.5) is 5.95 Å². The first-order chi connectivity index (χ1) is 18.2. The molecule has 1 aliphatic carbocycles. The monoisotopic (exact) mass is 538 g/mol. The average molecular weight is 539 g/mol. The minimum Gasteiger partial charge on any atom is -0.393 e. The summed E-state index contributed by atoms with van der Waals surface area (Å²) in [4.78, 5) is 4.88. The Kier molecular flexibility index (Phi) is 7.51. The Morgan fingerprint density at radius 2 is 1.89 bits per heavy atom. The molecule has 4 aromatic rings. The van der Waals surface area contributed by atoms with Crippen molar-refractivity contribution < 1.29 is 18.3 Å². The molecule has 1 aromatic carbocycles. The number of hydrogen-bond donors (Lipinski definition) is 2. The molecule has 0 saturated heterocycles. The Bertz CT molecular complexity index is 1500. The summed E-state index contributed by atoms with van der Waals surface area (Å²) >= 11 is 0. The molecule has 3 aromatic heterocycles.